The van der Waals surface area contributed by atoms with E-state index in [2.05, 4.69) is 36.1 Å². The van der Waals surface area contributed by atoms with Crippen LogP contribution in [0.5, 0.6) is 0 Å². The maximum atomic E-state index is 6.39. The Hall–Kier alpha value is -2.14. The molecule has 5 nitrogen and oxygen atoms in total. The van der Waals surface area contributed by atoms with E-state index in [1.165, 1.54) is 11.1 Å². The molecule has 0 atom stereocenters. The van der Waals surface area contributed by atoms with E-state index in [0.29, 0.717) is 18.1 Å². The van der Waals surface area contributed by atoms with Crippen molar-refractivity contribution in [3.05, 3.63) is 46.8 Å². The summed E-state index contributed by atoms with van der Waals surface area (Å²) in [5, 5.41) is 5.23. The van der Waals surface area contributed by atoms with Gasteiger partial charge in [0, 0.05) is 10.9 Å². The molecule has 0 aliphatic heterocycles. The smallest absolute Gasteiger partial charge is 0.231 e. The first-order valence-corrected chi connectivity index (χ1v) is 8.15. The maximum absolute atomic E-state index is 6.39. The Morgan fingerprint density at radius 1 is 1.22 bits per heavy atom. The summed E-state index contributed by atoms with van der Waals surface area (Å²) in [5.41, 5.74) is 10.4. The molecule has 1 aliphatic rings. The standard InChI is InChI=1S/C18H21N3O2/c1-11-5-6-14-13(10-22-16(14)12(11)2)9-15-20-17(21-23-15)18(19)7-3-4-8-18/h5-6,10H,3-4,7-9,19H2,1-2H3. The summed E-state index contributed by atoms with van der Waals surface area (Å²) in [6.45, 7) is 4.16. The van der Waals surface area contributed by atoms with Gasteiger partial charge in [-0.2, -0.15) is 4.98 Å². The van der Waals surface area contributed by atoms with Crippen molar-refractivity contribution in [2.24, 2.45) is 5.73 Å². The highest BCUT2D eigenvalue weighted by Crippen LogP contribution is 2.35. The third kappa shape index (κ3) is 2.36. The first-order valence-electron chi connectivity index (χ1n) is 8.15. The molecule has 0 saturated heterocycles. The molecule has 2 heterocycles. The number of rotatable bonds is 3. The molecule has 1 saturated carbocycles. The molecule has 23 heavy (non-hydrogen) atoms. The van der Waals surface area contributed by atoms with Gasteiger partial charge in [0.1, 0.15) is 5.58 Å². The number of hydrogen-bond donors (Lipinski definition) is 1. The van der Waals surface area contributed by atoms with Gasteiger partial charge in [0.25, 0.3) is 0 Å². The fraction of sp³-hybridized carbons (Fsp3) is 0.444. The summed E-state index contributed by atoms with van der Waals surface area (Å²) in [5.74, 6) is 1.24. The molecule has 1 aromatic carbocycles. The summed E-state index contributed by atoms with van der Waals surface area (Å²) in [7, 11) is 0. The van der Waals surface area contributed by atoms with E-state index in [-0.39, 0.29) is 0 Å². The van der Waals surface area contributed by atoms with Crippen LogP contribution in [0.1, 0.15) is 54.1 Å². The topological polar surface area (TPSA) is 78.1 Å². The molecule has 0 amide bonds. The Balaban J connectivity index is 1.64. The van der Waals surface area contributed by atoms with E-state index in [4.69, 9.17) is 14.7 Å². The van der Waals surface area contributed by atoms with Crippen LogP contribution in [0.15, 0.2) is 27.3 Å². The predicted molar refractivity (Wildman–Crippen MR) is 87.1 cm³/mol. The maximum Gasteiger partial charge on any atom is 0.231 e. The van der Waals surface area contributed by atoms with Gasteiger partial charge >= 0.3 is 0 Å². The van der Waals surface area contributed by atoms with Gasteiger partial charge in [-0.15, -0.1) is 0 Å². The van der Waals surface area contributed by atoms with Crippen molar-refractivity contribution >= 4 is 11.0 Å². The van der Waals surface area contributed by atoms with Crippen molar-refractivity contribution in [2.75, 3.05) is 0 Å². The largest absolute Gasteiger partial charge is 0.464 e. The molecule has 1 aliphatic carbocycles. The van der Waals surface area contributed by atoms with Crippen LogP contribution in [0, 0.1) is 13.8 Å². The summed E-state index contributed by atoms with van der Waals surface area (Å²) in [6.07, 6.45) is 6.47. The van der Waals surface area contributed by atoms with Crippen LogP contribution in [-0.4, -0.2) is 10.1 Å². The molecule has 5 heteroatoms. The number of fused-ring (bicyclic) bond motifs is 1. The zero-order chi connectivity index (χ0) is 16.0. The average Bonchev–Trinajstić information content (AvgIpc) is 3.25. The number of aryl methyl sites for hydroxylation is 2. The van der Waals surface area contributed by atoms with Crippen LogP contribution < -0.4 is 5.73 Å². The molecule has 4 rings (SSSR count). The third-order valence-corrected chi connectivity index (χ3v) is 5.09. The van der Waals surface area contributed by atoms with E-state index in [1.807, 2.05) is 0 Å². The molecule has 1 fully saturated rings. The fourth-order valence-corrected chi connectivity index (χ4v) is 3.45. The summed E-state index contributed by atoms with van der Waals surface area (Å²) >= 11 is 0. The second-order valence-corrected chi connectivity index (χ2v) is 6.70. The molecule has 0 spiro atoms. The summed E-state index contributed by atoms with van der Waals surface area (Å²) in [6, 6.07) is 4.21. The van der Waals surface area contributed by atoms with Gasteiger partial charge < -0.3 is 14.7 Å². The van der Waals surface area contributed by atoms with E-state index >= 15 is 0 Å². The Morgan fingerprint density at radius 2 is 2.00 bits per heavy atom. The van der Waals surface area contributed by atoms with Crippen LogP contribution in [-0.2, 0) is 12.0 Å². The van der Waals surface area contributed by atoms with Gasteiger partial charge in [-0.1, -0.05) is 30.1 Å². The molecular weight excluding hydrogens is 290 g/mol. The second kappa shape index (κ2) is 5.20. The fourth-order valence-electron chi connectivity index (χ4n) is 3.45. The molecule has 0 radical (unpaired) electrons. The average molecular weight is 311 g/mol. The minimum Gasteiger partial charge on any atom is -0.464 e. The molecule has 0 unspecified atom stereocenters. The molecule has 0 bridgehead atoms. The highest BCUT2D eigenvalue weighted by atomic mass is 16.5. The third-order valence-electron chi connectivity index (χ3n) is 5.09. The lowest BCUT2D eigenvalue weighted by Crippen LogP contribution is -2.34. The first kappa shape index (κ1) is 14.5. The number of furan rings is 1. The number of nitrogens with two attached hydrogens (primary N) is 1. The Kier molecular flexibility index (Phi) is 3.27. The molecule has 2 N–H and O–H groups in total. The number of aromatic nitrogens is 2. The second-order valence-electron chi connectivity index (χ2n) is 6.70. The van der Waals surface area contributed by atoms with Crippen LogP contribution in [0.2, 0.25) is 0 Å². The predicted octanol–water partition coefficient (Wildman–Crippen LogP) is 3.75. The number of nitrogens with zero attached hydrogens (tertiary/aromatic N) is 2. The molecule has 2 aromatic heterocycles. The Bertz CT molecular complexity index is 856. The zero-order valence-electron chi connectivity index (χ0n) is 13.6. The van der Waals surface area contributed by atoms with Gasteiger partial charge in [-0.3, -0.25) is 0 Å². The van der Waals surface area contributed by atoms with Gasteiger partial charge in [0.2, 0.25) is 5.89 Å². The van der Waals surface area contributed by atoms with Crippen LogP contribution in [0.3, 0.4) is 0 Å². The van der Waals surface area contributed by atoms with E-state index < -0.39 is 5.54 Å². The van der Waals surface area contributed by atoms with Gasteiger partial charge in [-0.25, -0.2) is 0 Å². The Morgan fingerprint density at radius 3 is 2.78 bits per heavy atom. The molecule has 3 aromatic rings. The monoisotopic (exact) mass is 311 g/mol. The lowest BCUT2D eigenvalue weighted by atomic mass is 9.98. The van der Waals surface area contributed by atoms with Crippen LogP contribution >= 0.6 is 0 Å². The van der Waals surface area contributed by atoms with Gasteiger partial charge in [0.15, 0.2) is 5.82 Å². The van der Waals surface area contributed by atoms with Gasteiger partial charge in [-0.05, 0) is 37.8 Å². The highest BCUT2D eigenvalue weighted by molar-refractivity contribution is 5.84. The Labute approximate surface area is 134 Å². The number of hydrogen-bond acceptors (Lipinski definition) is 5. The summed E-state index contributed by atoms with van der Waals surface area (Å²) in [4.78, 5) is 4.54. The highest BCUT2D eigenvalue weighted by Gasteiger charge is 2.36. The van der Waals surface area contributed by atoms with Crippen molar-refractivity contribution in [1.29, 1.82) is 0 Å². The van der Waals surface area contributed by atoms with Crippen molar-refractivity contribution in [3.63, 3.8) is 0 Å². The molecular formula is C18H21N3O2. The first-order chi connectivity index (χ1) is 11.1. The van der Waals surface area contributed by atoms with E-state index in [9.17, 15) is 0 Å². The van der Waals surface area contributed by atoms with Crippen molar-refractivity contribution < 1.29 is 8.94 Å². The lowest BCUT2D eigenvalue weighted by Gasteiger charge is -2.17. The lowest BCUT2D eigenvalue weighted by molar-refractivity contribution is 0.352. The minimum absolute atomic E-state index is 0.409. The van der Waals surface area contributed by atoms with E-state index in [1.54, 1.807) is 6.26 Å². The quantitative estimate of drug-likeness (QED) is 0.797. The van der Waals surface area contributed by atoms with Crippen LogP contribution in [0.25, 0.3) is 11.0 Å². The van der Waals surface area contributed by atoms with Gasteiger partial charge in [0.05, 0.1) is 18.2 Å². The zero-order valence-corrected chi connectivity index (χ0v) is 13.6. The van der Waals surface area contributed by atoms with Crippen molar-refractivity contribution in [1.82, 2.24) is 10.1 Å². The van der Waals surface area contributed by atoms with Crippen molar-refractivity contribution in [3.8, 4) is 0 Å². The minimum atomic E-state index is -0.409. The normalized spacial score (nSPS) is 17.2. The van der Waals surface area contributed by atoms with Crippen molar-refractivity contribution in [2.45, 2.75) is 51.5 Å². The van der Waals surface area contributed by atoms with E-state index in [0.717, 1.165) is 42.2 Å². The number of benzene rings is 1. The molecule has 120 valence electrons. The SMILES string of the molecule is Cc1ccc2c(Cc3nc(C4(N)CCCC4)no3)coc2c1C. The summed E-state index contributed by atoms with van der Waals surface area (Å²) < 4.78 is 11.2. The van der Waals surface area contributed by atoms with Crippen LogP contribution in [0.4, 0.5) is 0 Å².